The van der Waals surface area contributed by atoms with Gasteiger partial charge in [0, 0.05) is 24.1 Å². The molecule has 0 unspecified atom stereocenters. The lowest BCUT2D eigenvalue weighted by molar-refractivity contribution is 0.0686. The van der Waals surface area contributed by atoms with E-state index in [1.165, 1.54) is 0 Å². The molecule has 5 nitrogen and oxygen atoms in total. The Hall–Kier alpha value is -2.56. The van der Waals surface area contributed by atoms with Gasteiger partial charge in [-0.1, -0.05) is 18.2 Å². The lowest BCUT2D eigenvalue weighted by Gasteiger charge is -2.06. The maximum atomic E-state index is 11.3. The van der Waals surface area contributed by atoms with Crippen LogP contribution in [0.15, 0.2) is 42.6 Å². The predicted molar refractivity (Wildman–Crippen MR) is 71.2 cm³/mol. The lowest BCUT2D eigenvalue weighted by atomic mass is 10.2. The van der Waals surface area contributed by atoms with E-state index in [2.05, 4.69) is 5.10 Å². The fourth-order valence-corrected chi connectivity index (χ4v) is 2.27. The first-order valence-corrected chi connectivity index (χ1v) is 5.95. The number of hydrogen-bond acceptors (Lipinski definition) is 2. The smallest absolute Gasteiger partial charge is 0.352 e. The van der Waals surface area contributed by atoms with E-state index in [0.717, 1.165) is 16.6 Å². The van der Waals surface area contributed by atoms with E-state index in [0.29, 0.717) is 6.54 Å². The van der Waals surface area contributed by atoms with Gasteiger partial charge < -0.3 is 9.67 Å². The highest BCUT2D eigenvalue weighted by molar-refractivity contribution is 5.94. The standard InChI is InChI=1S/C14H13N3O2/c1-16-7-6-11(15-16)9-17-12-5-3-2-4-10(12)8-13(17)14(18)19/h2-8H,9H2,1H3,(H,18,19). The van der Waals surface area contributed by atoms with E-state index in [-0.39, 0.29) is 5.69 Å². The van der Waals surface area contributed by atoms with Crippen LogP contribution in [-0.2, 0) is 13.6 Å². The average Bonchev–Trinajstić information content (AvgIpc) is 2.95. The van der Waals surface area contributed by atoms with Crippen LogP contribution in [0.3, 0.4) is 0 Å². The quantitative estimate of drug-likeness (QED) is 0.779. The normalized spacial score (nSPS) is 11.0. The number of aryl methyl sites for hydroxylation is 1. The van der Waals surface area contributed by atoms with Gasteiger partial charge in [-0.25, -0.2) is 4.79 Å². The first-order valence-electron chi connectivity index (χ1n) is 5.95. The lowest BCUT2D eigenvalue weighted by Crippen LogP contribution is -2.09. The first kappa shape index (κ1) is 11.5. The molecule has 0 aliphatic heterocycles. The Labute approximate surface area is 109 Å². The van der Waals surface area contributed by atoms with E-state index in [1.54, 1.807) is 15.3 Å². The van der Waals surface area contributed by atoms with Gasteiger partial charge in [0.05, 0.1) is 12.2 Å². The maximum absolute atomic E-state index is 11.3. The molecule has 96 valence electrons. The Kier molecular flexibility index (Phi) is 2.59. The van der Waals surface area contributed by atoms with Gasteiger partial charge in [0.25, 0.3) is 0 Å². The van der Waals surface area contributed by atoms with Crippen LogP contribution in [0, 0.1) is 0 Å². The Bertz CT molecular complexity index is 755. The monoisotopic (exact) mass is 255 g/mol. The SMILES string of the molecule is Cn1ccc(Cn2c(C(=O)O)cc3ccccc32)n1. The van der Waals surface area contributed by atoms with Crippen LogP contribution in [0.1, 0.15) is 16.2 Å². The molecule has 0 saturated heterocycles. The number of hydrogen-bond donors (Lipinski definition) is 1. The number of nitrogens with zero attached hydrogens (tertiary/aromatic N) is 3. The van der Waals surface area contributed by atoms with Gasteiger partial charge >= 0.3 is 5.97 Å². The summed E-state index contributed by atoms with van der Waals surface area (Å²) in [5, 5.41) is 14.5. The van der Waals surface area contributed by atoms with Gasteiger partial charge in [-0.05, 0) is 18.2 Å². The van der Waals surface area contributed by atoms with Gasteiger partial charge in [0.2, 0.25) is 0 Å². The Morgan fingerprint density at radius 2 is 2.11 bits per heavy atom. The number of para-hydroxylation sites is 1. The first-order chi connectivity index (χ1) is 9.15. The van der Waals surface area contributed by atoms with Gasteiger partial charge in [0.1, 0.15) is 5.69 Å². The number of benzene rings is 1. The van der Waals surface area contributed by atoms with Crippen LogP contribution in [-0.4, -0.2) is 25.4 Å². The number of rotatable bonds is 3. The molecule has 0 radical (unpaired) electrons. The van der Waals surface area contributed by atoms with Crippen molar-refractivity contribution < 1.29 is 9.90 Å². The second-order valence-electron chi connectivity index (χ2n) is 4.46. The second-order valence-corrected chi connectivity index (χ2v) is 4.46. The van der Waals surface area contributed by atoms with Crippen molar-refractivity contribution in [3.05, 3.63) is 54.0 Å². The van der Waals surface area contributed by atoms with Crippen molar-refractivity contribution in [1.29, 1.82) is 0 Å². The third kappa shape index (κ3) is 1.99. The average molecular weight is 255 g/mol. The van der Waals surface area contributed by atoms with Gasteiger partial charge in [0.15, 0.2) is 0 Å². The van der Waals surface area contributed by atoms with Gasteiger partial charge in [-0.3, -0.25) is 4.68 Å². The third-order valence-electron chi connectivity index (χ3n) is 3.12. The molecule has 0 fully saturated rings. The highest BCUT2D eigenvalue weighted by Gasteiger charge is 2.15. The molecule has 3 aromatic rings. The molecule has 19 heavy (non-hydrogen) atoms. The molecule has 2 aromatic heterocycles. The molecule has 0 aliphatic rings. The minimum atomic E-state index is -0.924. The maximum Gasteiger partial charge on any atom is 0.352 e. The van der Waals surface area contributed by atoms with E-state index < -0.39 is 5.97 Å². The largest absolute Gasteiger partial charge is 0.477 e. The summed E-state index contributed by atoms with van der Waals surface area (Å²) in [6.07, 6.45) is 1.85. The number of carboxylic acids is 1. The minimum absolute atomic E-state index is 0.284. The molecule has 1 N–H and O–H groups in total. The van der Waals surface area contributed by atoms with E-state index in [9.17, 15) is 9.90 Å². The summed E-state index contributed by atoms with van der Waals surface area (Å²) in [7, 11) is 1.84. The van der Waals surface area contributed by atoms with Crippen molar-refractivity contribution in [1.82, 2.24) is 14.3 Å². The summed E-state index contributed by atoms with van der Waals surface area (Å²) < 4.78 is 3.49. The zero-order valence-corrected chi connectivity index (χ0v) is 10.4. The molecular formula is C14H13N3O2. The van der Waals surface area contributed by atoms with E-state index in [4.69, 9.17) is 0 Å². The molecule has 0 spiro atoms. The Morgan fingerprint density at radius 3 is 2.79 bits per heavy atom. The molecule has 0 amide bonds. The van der Waals surface area contributed by atoms with Crippen LogP contribution in [0.2, 0.25) is 0 Å². The second kappa shape index (κ2) is 4.28. The zero-order valence-electron chi connectivity index (χ0n) is 10.4. The van der Waals surface area contributed by atoms with Crippen molar-refractivity contribution in [3.8, 4) is 0 Å². The zero-order chi connectivity index (χ0) is 13.4. The molecule has 0 aliphatic carbocycles. The predicted octanol–water partition coefficient (Wildman–Crippen LogP) is 2.12. The summed E-state index contributed by atoms with van der Waals surface area (Å²) in [4.78, 5) is 11.3. The van der Waals surface area contributed by atoms with Crippen LogP contribution < -0.4 is 0 Å². The highest BCUT2D eigenvalue weighted by Crippen LogP contribution is 2.21. The van der Waals surface area contributed by atoms with Crippen LogP contribution >= 0.6 is 0 Å². The molecular weight excluding hydrogens is 242 g/mol. The summed E-state index contributed by atoms with van der Waals surface area (Å²) >= 11 is 0. The van der Waals surface area contributed by atoms with Crippen molar-refractivity contribution in [2.75, 3.05) is 0 Å². The fourth-order valence-electron chi connectivity index (χ4n) is 2.27. The number of aromatic nitrogens is 3. The highest BCUT2D eigenvalue weighted by atomic mass is 16.4. The number of carboxylic acid groups (broad SMARTS) is 1. The molecule has 0 atom stereocenters. The summed E-state index contributed by atoms with van der Waals surface area (Å²) in [6.45, 7) is 0.454. The summed E-state index contributed by atoms with van der Waals surface area (Å²) in [5.41, 5.74) is 2.03. The van der Waals surface area contributed by atoms with Gasteiger partial charge in [-0.2, -0.15) is 5.10 Å². The van der Waals surface area contributed by atoms with Crippen LogP contribution in [0.25, 0.3) is 10.9 Å². The van der Waals surface area contributed by atoms with Crippen LogP contribution in [0.4, 0.5) is 0 Å². The third-order valence-corrected chi connectivity index (χ3v) is 3.12. The molecule has 1 aromatic carbocycles. The van der Waals surface area contributed by atoms with Crippen LogP contribution in [0.5, 0.6) is 0 Å². The van der Waals surface area contributed by atoms with Crippen molar-refractivity contribution in [3.63, 3.8) is 0 Å². The molecule has 3 rings (SSSR count). The number of carbonyl (C=O) groups is 1. The topological polar surface area (TPSA) is 60.0 Å². The minimum Gasteiger partial charge on any atom is -0.477 e. The Balaban J connectivity index is 2.14. The van der Waals surface area contributed by atoms with Crippen molar-refractivity contribution in [2.45, 2.75) is 6.54 Å². The number of aromatic carboxylic acids is 1. The summed E-state index contributed by atoms with van der Waals surface area (Å²) in [6, 6.07) is 11.2. The van der Waals surface area contributed by atoms with E-state index >= 15 is 0 Å². The molecule has 0 bridgehead atoms. The number of fused-ring (bicyclic) bond motifs is 1. The molecule has 5 heteroatoms. The molecule has 0 saturated carbocycles. The van der Waals surface area contributed by atoms with E-state index in [1.807, 2.05) is 43.6 Å². The summed E-state index contributed by atoms with van der Waals surface area (Å²) in [5.74, 6) is -0.924. The van der Waals surface area contributed by atoms with Gasteiger partial charge in [-0.15, -0.1) is 0 Å². The van der Waals surface area contributed by atoms with Crippen molar-refractivity contribution >= 4 is 16.9 Å². The fraction of sp³-hybridized carbons (Fsp3) is 0.143. The Morgan fingerprint density at radius 1 is 1.32 bits per heavy atom. The van der Waals surface area contributed by atoms with Crippen molar-refractivity contribution in [2.24, 2.45) is 7.05 Å². The molecule has 2 heterocycles.